The number of anilines is 1. The quantitative estimate of drug-likeness (QED) is 0.667. The molecule has 0 aliphatic carbocycles. The van der Waals surface area contributed by atoms with Gasteiger partial charge in [-0.2, -0.15) is 18.3 Å². The number of alkyl halides is 3. The van der Waals surface area contributed by atoms with Gasteiger partial charge >= 0.3 is 6.18 Å². The van der Waals surface area contributed by atoms with Crippen molar-refractivity contribution in [1.29, 1.82) is 0 Å². The number of hydrazine groups is 1. The van der Waals surface area contributed by atoms with Crippen molar-refractivity contribution in [1.82, 2.24) is 19.7 Å². The topological polar surface area (TPSA) is 81.6 Å². The van der Waals surface area contributed by atoms with Gasteiger partial charge in [0.15, 0.2) is 5.82 Å². The molecule has 3 N–H and O–H groups in total. The standard InChI is InChI=1S/C11H13F3N6/c1-6(2)10-17-8(19-15)3-9(18-10)20-5-7(4-16-20)11(12,13)14/h3-6H,15H2,1-2H3,(H,17,18,19). The summed E-state index contributed by atoms with van der Waals surface area (Å²) in [4.78, 5) is 8.29. The van der Waals surface area contributed by atoms with Gasteiger partial charge in [0, 0.05) is 18.2 Å². The largest absolute Gasteiger partial charge is 0.419 e. The fourth-order valence-corrected chi connectivity index (χ4v) is 1.50. The van der Waals surface area contributed by atoms with Gasteiger partial charge in [0.25, 0.3) is 0 Å². The molecule has 0 aliphatic rings. The molecule has 0 unspecified atom stereocenters. The lowest BCUT2D eigenvalue weighted by Crippen LogP contribution is -2.13. The maximum Gasteiger partial charge on any atom is 0.419 e. The first-order valence-electron chi connectivity index (χ1n) is 5.79. The van der Waals surface area contributed by atoms with Crippen LogP contribution in [0.25, 0.3) is 5.82 Å². The highest BCUT2D eigenvalue weighted by Crippen LogP contribution is 2.29. The molecule has 0 aromatic carbocycles. The first kappa shape index (κ1) is 14.3. The van der Waals surface area contributed by atoms with Gasteiger partial charge in [-0.1, -0.05) is 13.8 Å². The number of nitrogen functional groups attached to an aromatic ring is 1. The predicted octanol–water partition coefficient (Wildman–Crippen LogP) is 2.09. The Morgan fingerprint density at radius 1 is 1.30 bits per heavy atom. The minimum absolute atomic E-state index is 0.000279. The van der Waals surface area contributed by atoms with E-state index in [4.69, 9.17) is 5.84 Å². The second kappa shape index (κ2) is 5.08. The molecule has 20 heavy (non-hydrogen) atoms. The summed E-state index contributed by atoms with van der Waals surface area (Å²) in [7, 11) is 0. The molecule has 0 amide bonds. The first-order valence-corrected chi connectivity index (χ1v) is 5.79. The number of nitrogens with zero attached hydrogens (tertiary/aromatic N) is 4. The van der Waals surface area contributed by atoms with Crippen LogP contribution in [0.2, 0.25) is 0 Å². The van der Waals surface area contributed by atoms with E-state index in [1.807, 2.05) is 13.8 Å². The van der Waals surface area contributed by atoms with Crippen molar-refractivity contribution in [3.05, 3.63) is 29.8 Å². The van der Waals surface area contributed by atoms with Crippen LogP contribution in [0, 0.1) is 0 Å². The lowest BCUT2D eigenvalue weighted by atomic mass is 10.2. The van der Waals surface area contributed by atoms with E-state index in [0.29, 0.717) is 11.6 Å². The van der Waals surface area contributed by atoms with Gasteiger partial charge in [-0.15, -0.1) is 0 Å². The summed E-state index contributed by atoms with van der Waals surface area (Å²) in [5.41, 5.74) is 1.51. The molecule has 0 spiro atoms. The van der Waals surface area contributed by atoms with Crippen molar-refractivity contribution < 1.29 is 13.2 Å². The zero-order chi connectivity index (χ0) is 14.9. The van der Waals surface area contributed by atoms with Crippen LogP contribution in [-0.2, 0) is 6.18 Å². The van der Waals surface area contributed by atoms with Gasteiger partial charge in [0.2, 0.25) is 0 Å². The van der Waals surface area contributed by atoms with Crippen molar-refractivity contribution in [2.24, 2.45) is 5.84 Å². The molecule has 2 aromatic rings. The molecule has 108 valence electrons. The lowest BCUT2D eigenvalue weighted by molar-refractivity contribution is -0.137. The molecule has 2 heterocycles. The number of aromatic nitrogens is 4. The molecule has 2 rings (SSSR count). The van der Waals surface area contributed by atoms with E-state index < -0.39 is 11.7 Å². The lowest BCUT2D eigenvalue weighted by Gasteiger charge is -2.09. The molecule has 0 saturated carbocycles. The number of hydrogen-bond acceptors (Lipinski definition) is 5. The molecule has 0 saturated heterocycles. The number of nitrogens with two attached hydrogens (primary N) is 1. The normalized spacial score (nSPS) is 11.9. The van der Waals surface area contributed by atoms with E-state index in [9.17, 15) is 13.2 Å². The highest BCUT2D eigenvalue weighted by molar-refractivity contribution is 5.41. The van der Waals surface area contributed by atoms with Crippen LogP contribution in [0.5, 0.6) is 0 Å². The summed E-state index contributed by atoms with van der Waals surface area (Å²) in [5, 5.41) is 3.67. The Morgan fingerprint density at radius 3 is 2.50 bits per heavy atom. The van der Waals surface area contributed by atoms with Crippen LogP contribution in [0.3, 0.4) is 0 Å². The Morgan fingerprint density at radius 2 is 2.00 bits per heavy atom. The van der Waals surface area contributed by atoms with E-state index in [1.54, 1.807) is 0 Å². The highest BCUT2D eigenvalue weighted by Gasteiger charge is 2.32. The smallest absolute Gasteiger partial charge is 0.308 e. The third kappa shape index (κ3) is 2.87. The number of rotatable bonds is 3. The fraction of sp³-hybridized carbons (Fsp3) is 0.364. The summed E-state index contributed by atoms with van der Waals surface area (Å²) in [6.07, 6.45) is -2.83. The van der Waals surface area contributed by atoms with Crippen LogP contribution in [-0.4, -0.2) is 19.7 Å². The average Bonchev–Trinajstić information content (AvgIpc) is 2.87. The van der Waals surface area contributed by atoms with Gasteiger partial charge in [0.1, 0.15) is 11.6 Å². The minimum atomic E-state index is -4.44. The zero-order valence-electron chi connectivity index (χ0n) is 10.8. The summed E-state index contributed by atoms with van der Waals surface area (Å²) in [5.74, 6) is 6.27. The fourth-order valence-electron chi connectivity index (χ4n) is 1.50. The average molecular weight is 286 g/mol. The number of halogens is 3. The maximum absolute atomic E-state index is 12.6. The van der Waals surface area contributed by atoms with Gasteiger partial charge in [-0.3, -0.25) is 0 Å². The molecule has 0 bridgehead atoms. The van der Waals surface area contributed by atoms with E-state index in [-0.39, 0.29) is 11.7 Å². The van der Waals surface area contributed by atoms with Crippen molar-refractivity contribution in [2.75, 3.05) is 5.43 Å². The monoisotopic (exact) mass is 286 g/mol. The van der Waals surface area contributed by atoms with E-state index in [0.717, 1.165) is 17.1 Å². The van der Waals surface area contributed by atoms with Crippen molar-refractivity contribution >= 4 is 5.82 Å². The first-order chi connectivity index (χ1) is 9.31. The molecule has 0 fully saturated rings. The molecular formula is C11H13F3N6. The van der Waals surface area contributed by atoms with Gasteiger partial charge < -0.3 is 5.43 Å². The van der Waals surface area contributed by atoms with Gasteiger partial charge in [-0.05, 0) is 0 Å². The van der Waals surface area contributed by atoms with E-state index >= 15 is 0 Å². The van der Waals surface area contributed by atoms with E-state index in [2.05, 4.69) is 20.5 Å². The maximum atomic E-state index is 12.6. The predicted molar refractivity (Wildman–Crippen MR) is 66.1 cm³/mol. The van der Waals surface area contributed by atoms with Crippen LogP contribution in [0.1, 0.15) is 31.2 Å². The molecular weight excluding hydrogens is 273 g/mol. The molecule has 9 heteroatoms. The van der Waals surface area contributed by atoms with Gasteiger partial charge in [-0.25, -0.2) is 20.5 Å². The van der Waals surface area contributed by atoms with Gasteiger partial charge in [0.05, 0.1) is 11.8 Å². The Bertz CT molecular complexity index is 604. The molecule has 2 aromatic heterocycles. The zero-order valence-corrected chi connectivity index (χ0v) is 10.8. The number of hydrogen-bond donors (Lipinski definition) is 2. The Balaban J connectivity index is 2.46. The minimum Gasteiger partial charge on any atom is -0.308 e. The SMILES string of the molecule is CC(C)c1nc(NN)cc(-n2cc(C(F)(F)F)cn2)n1. The van der Waals surface area contributed by atoms with Crippen molar-refractivity contribution in [3.8, 4) is 5.82 Å². The molecule has 0 aliphatic heterocycles. The summed E-state index contributed by atoms with van der Waals surface area (Å²) in [6, 6.07) is 1.42. The third-order valence-electron chi connectivity index (χ3n) is 2.54. The Kier molecular flexibility index (Phi) is 3.62. The summed E-state index contributed by atoms with van der Waals surface area (Å²) >= 11 is 0. The van der Waals surface area contributed by atoms with Crippen molar-refractivity contribution in [2.45, 2.75) is 25.9 Å². The summed E-state index contributed by atoms with van der Waals surface area (Å²) in [6.45, 7) is 3.73. The number of nitrogens with one attached hydrogen (secondary N) is 1. The summed E-state index contributed by atoms with van der Waals surface area (Å²) < 4.78 is 38.7. The highest BCUT2D eigenvalue weighted by atomic mass is 19.4. The van der Waals surface area contributed by atoms with Crippen LogP contribution in [0.4, 0.5) is 19.0 Å². The van der Waals surface area contributed by atoms with Crippen LogP contribution in [0.15, 0.2) is 18.5 Å². The molecule has 6 nitrogen and oxygen atoms in total. The molecule has 0 radical (unpaired) electrons. The van der Waals surface area contributed by atoms with Crippen LogP contribution < -0.4 is 11.3 Å². The third-order valence-corrected chi connectivity index (χ3v) is 2.54. The Labute approximate surface area is 112 Å². The Hall–Kier alpha value is -2.16. The molecule has 0 atom stereocenters. The van der Waals surface area contributed by atoms with E-state index in [1.165, 1.54) is 6.07 Å². The second-order valence-corrected chi connectivity index (χ2v) is 4.44. The van der Waals surface area contributed by atoms with Crippen LogP contribution >= 0.6 is 0 Å². The second-order valence-electron chi connectivity index (χ2n) is 4.44. The van der Waals surface area contributed by atoms with Crippen molar-refractivity contribution in [3.63, 3.8) is 0 Å².